The molecule has 0 amide bonds. The molecule has 1 heterocycles. The van der Waals surface area contributed by atoms with Gasteiger partial charge in [-0.3, -0.25) is 0 Å². The first-order chi connectivity index (χ1) is 9.83. The summed E-state index contributed by atoms with van der Waals surface area (Å²) in [7, 11) is 0. The van der Waals surface area contributed by atoms with E-state index < -0.39 is 0 Å². The summed E-state index contributed by atoms with van der Waals surface area (Å²) in [5, 5.41) is 7.12. The molecule has 0 bridgehead atoms. The zero-order valence-corrected chi connectivity index (χ0v) is 12.9. The number of nitrogens with zero attached hydrogens (tertiary/aromatic N) is 1. The maximum Gasteiger partial charge on any atom is 0.0940 e. The Bertz CT molecular complexity index is 562. The van der Waals surface area contributed by atoms with Crippen LogP contribution in [0.25, 0.3) is 0 Å². The molecule has 1 aliphatic rings. The highest BCUT2D eigenvalue weighted by atomic mass is 32.1. The van der Waals surface area contributed by atoms with Crippen molar-refractivity contribution in [3.05, 3.63) is 51.5 Å². The van der Waals surface area contributed by atoms with E-state index >= 15 is 0 Å². The number of hydrogen-bond donors (Lipinski definition) is 1. The molecule has 106 valence electrons. The topological polar surface area (TPSA) is 24.9 Å². The van der Waals surface area contributed by atoms with Crippen molar-refractivity contribution in [2.45, 2.75) is 45.1 Å². The van der Waals surface area contributed by atoms with Gasteiger partial charge in [0.05, 0.1) is 5.01 Å². The minimum absolute atomic E-state index is 0.523. The van der Waals surface area contributed by atoms with Gasteiger partial charge in [-0.05, 0) is 37.3 Å². The molecule has 0 aliphatic heterocycles. The number of rotatable bonds is 4. The van der Waals surface area contributed by atoms with Gasteiger partial charge in [0.1, 0.15) is 0 Å². The maximum atomic E-state index is 4.53. The van der Waals surface area contributed by atoms with Crippen molar-refractivity contribution >= 4 is 11.3 Å². The van der Waals surface area contributed by atoms with Crippen LogP contribution in [0.5, 0.6) is 0 Å². The molecule has 1 N–H and O–H groups in total. The molecule has 0 spiro atoms. The van der Waals surface area contributed by atoms with E-state index in [0.29, 0.717) is 6.04 Å². The Labute approximate surface area is 125 Å². The van der Waals surface area contributed by atoms with Gasteiger partial charge < -0.3 is 5.32 Å². The summed E-state index contributed by atoms with van der Waals surface area (Å²) in [6, 6.07) is 9.45. The molecule has 1 aromatic heterocycles. The van der Waals surface area contributed by atoms with E-state index in [2.05, 4.69) is 46.9 Å². The van der Waals surface area contributed by atoms with Crippen LogP contribution in [0, 0.1) is 6.92 Å². The average Bonchev–Trinajstić information content (AvgIpc) is 2.76. The molecule has 1 unspecified atom stereocenters. The zero-order chi connectivity index (χ0) is 13.8. The number of aromatic nitrogens is 1. The van der Waals surface area contributed by atoms with E-state index in [1.807, 2.05) is 0 Å². The maximum absolute atomic E-state index is 4.53. The Morgan fingerprint density at radius 2 is 2.20 bits per heavy atom. The molecular formula is C17H22N2S. The van der Waals surface area contributed by atoms with Crippen molar-refractivity contribution in [3.63, 3.8) is 0 Å². The molecule has 1 aromatic carbocycles. The molecule has 1 atom stereocenters. The van der Waals surface area contributed by atoms with E-state index in [9.17, 15) is 0 Å². The summed E-state index contributed by atoms with van der Waals surface area (Å²) in [5.74, 6) is 0. The monoisotopic (exact) mass is 286 g/mol. The van der Waals surface area contributed by atoms with Crippen LogP contribution in [-0.4, -0.2) is 11.5 Å². The highest BCUT2D eigenvalue weighted by Crippen LogP contribution is 2.28. The number of nitrogens with one attached hydrogen (secondary N) is 1. The predicted octanol–water partition coefficient (Wildman–Crippen LogP) is 4.05. The predicted molar refractivity (Wildman–Crippen MR) is 85.3 cm³/mol. The molecule has 3 rings (SSSR count). The quantitative estimate of drug-likeness (QED) is 0.858. The molecule has 0 radical (unpaired) electrons. The normalized spacial score (nSPS) is 18.6. The molecule has 0 fully saturated rings. The number of aryl methyl sites for hydroxylation is 2. The standard InChI is InChI=1S/C17H22N2S/c1-13-12-20-17(19-13)10-11-18-16-9-5-3-7-14-6-2-4-8-15(14)16/h2,4,6,8,12,16,18H,3,5,7,9-11H2,1H3. The summed E-state index contributed by atoms with van der Waals surface area (Å²) < 4.78 is 0. The summed E-state index contributed by atoms with van der Waals surface area (Å²) in [4.78, 5) is 4.53. The molecule has 0 saturated carbocycles. The zero-order valence-electron chi connectivity index (χ0n) is 12.1. The van der Waals surface area contributed by atoms with Gasteiger partial charge in [-0.15, -0.1) is 11.3 Å². The van der Waals surface area contributed by atoms with Gasteiger partial charge >= 0.3 is 0 Å². The molecule has 3 heteroatoms. The number of fused-ring (bicyclic) bond motifs is 1. The second-order valence-electron chi connectivity index (χ2n) is 5.58. The van der Waals surface area contributed by atoms with Crippen molar-refractivity contribution < 1.29 is 0 Å². The summed E-state index contributed by atoms with van der Waals surface area (Å²) in [5.41, 5.74) is 4.19. The Kier molecular flexibility index (Phi) is 4.48. The van der Waals surface area contributed by atoms with Crippen molar-refractivity contribution in [2.24, 2.45) is 0 Å². The molecule has 2 aromatic rings. The van der Waals surface area contributed by atoms with E-state index in [1.54, 1.807) is 11.3 Å². The van der Waals surface area contributed by atoms with E-state index in [1.165, 1.54) is 41.8 Å². The number of benzene rings is 1. The number of thiazole rings is 1. The third-order valence-electron chi connectivity index (χ3n) is 4.02. The second-order valence-corrected chi connectivity index (χ2v) is 6.53. The highest BCUT2D eigenvalue weighted by molar-refractivity contribution is 7.09. The second kappa shape index (κ2) is 6.51. The van der Waals surface area contributed by atoms with Crippen LogP contribution in [-0.2, 0) is 12.8 Å². The first-order valence-corrected chi connectivity index (χ1v) is 8.43. The minimum Gasteiger partial charge on any atom is -0.310 e. The fraction of sp³-hybridized carbons (Fsp3) is 0.471. The Morgan fingerprint density at radius 3 is 3.05 bits per heavy atom. The van der Waals surface area contributed by atoms with E-state index in [-0.39, 0.29) is 0 Å². The van der Waals surface area contributed by atoms with Crippen LogP contribution in [0.4, 0.5) is 0 Å². The molecular weight excluding hydrogens is 264 g/mol. The van der Waals surface area contributed by atoms with Crippen molar-refractivity contribution in [1.29, 1.82) is 0 Å². The minimum atomic E-state index is 0.523. The van der Waals surface area contributed by atoms with Gasteiger partial charge in [-0.25, -0.2) is 4.98 Å². The first-order valence-electron chi connectivity index (χ1n) is 7.55. The van der Waals surface area contributed by atoms with E-state index in [0.717, 1.165) is 18.7 Å². The molecule has 1 aliphatic carbocycles. The Hall–Kier alpha value is -1.19. The van der Waals surface area contributed by atoms with Crippen molar-refractivity contribution in [2.75, 3.05) is 6.54 Å². The summed E-state index contributed by atoms with van der Waals surface area (Å²) >= 11 is 1.77. The molecule has 20 heavy (non-hydrogen) atoms. The van der Waals surface area contributed by atoms with Crippen LogP contribution in [0.1, 0.15) is 47.1 Å². The highest BCUT2D eigenvalue weighted by Gasteiger charge is 2.17. The largest absolute Gasteiger partial charge is 0.310 e. The van der Waals surface area contributed by atoms with Gasteiger partial charge in [0.2, 0.25) is 0 Å². The lowest BCUT2D eigenvalue weighted by atomic mass is 9.99. The smallest absolute Gasteiger partial charge is 0.0940 e. The summed E-state index contributed by atoms with van der Waals surface area (Å²) in [6.45, 7) is 3.08. The lowest BCUT2D eigenvalue weighted by Crippen LogP contribution is -2.24. The van der Waals surface area contributed by atoms with Gasteiger partial charge in [0.15, 0.2) is 0 Å². The average molecular weight is 286 g/mol. The van der Waals surface area contributed by atoms with Crippen LogP contribution < -0.4 is 5.32 Å². The number of hydrogen-bond acceptors (Lipinski definition) is 3. The fourth-order valence-corrected chi connectivity index (χ4v) is 3.78. The third kappa shape index (κ3) is 3.28. The van der Waals surface area contributed by atoms with Crippen LogP contribution in [0.3, 0.4) is 0 Å². The van der Waals surface area contributed by atoms with Gasteiger partial charge in [-0.1, -0.05) is 30.7 Å². The van der Waals surface area contributed by atoms with Crippen LogP contribution in [0.2, 0.25) is 0 Å². The third-order valence-corrected chi connectivity index (χ3v) is 5.04. The first kappa shape index (κ1) is 13.8. The van der Waals surface area contributed by atoms with Crippen molar-refractivity contribution in [3.8, 4) is 0 Å². The van der Waals surface area contributed by atoms with Crippen LogP contribution in [0.15, 0.2) is 29.6 Å². The SMILES string of the molecule is Cc1csc(CCNC2CCCCc3ccccc32)n1. The Morgan fingerprint density at radius 1 is 1.30 bits per heavy atom. The lowest BCUT2D eigenvalue weighted by Gasteiger charge is -2.19. The molecule has 0 saturated heterocycles. The summed E-state index contributed by atoms with van der Waals surface area (Å²) in [6.07, 6.45) is 6.18. The van der Waals surface area contributed by atoms with Gasteiger partial charge in [-0.2, -0.15) is 0 Å². The van der Waals surface area contributed by atoms with Crippen molar-refractivity contribution in [1.82, 2.24) is 10.3 Å². The van der Waals surface area contributed by atoms with Crippen LogP contribution >= 0.6 is 11.3 Å². The molecule has 2 nitrogen and oxygen atoms in total. The lowest BCUT2D eigenvalue weighted by molar-refractivity contribution is 0.492. The van der Waals surface area contributed by atoms with Gasteiger partial charge in [0.25, 0.3) is 0 Å². The van der Waals surface area contributed by atoms with Gasteiger partial charge in [0, 0.05) is 30.1 Å². The van der Waals surface area contributed by atoms with E-state index in [4.69, 9.17) is 0 Å². The fourth-order valence-electron chi connectivity index (χ4n) is 3.00. The Balaban J connectivity index is 1.62.